The largest absolute Gasteiger partial charge is 0.379 e. The third-order valence-electron chi connectivity index (χ3n) is 3.34. The smallest absolute Gasteiger partial charge is 0.271 e. The third kappa shape index (κ3) is 4.02. The number of anilines is 1. The lowest BCUT2D eigenvalue weighted by atomic mass is 10.0. The lowest BCUT2D eigenvalue weighted by molar-refractivity contribution is -0.384. The molecule has 0 aromatic heterocycles. The normalized spacial score (nSPS) is 11.9. The Labute approximate surface area is 122 Å². The molecule has 0 saturated carbocycles. The predicted molar refractivity (Wildman–Crippen MR) is 80.9 cm³/mol. The van der Waals surface area contributed by atoms with E-state index < -0.39 is 10.7 Å². The maximum absolute atomic E-state index is 13.8. The van der Waals surface area contributed by atoms with Crippen LogP contribution < -0.4 is 5.32 Å². The molecule has 4 nitrogen and oxygen atoms in total. The molecule has 2 rings (SSSR count). The lowest BCUT2D eigenvalue weighted by Gasteiger charge is -2.18. The van der Waals surface area contributed by atoms with Gasteiger partial charge in [0.2, 0.25) is 0 Å². The molecule has 0 aliphatic carbocycles. The molecule has 1 unspecified atom stereocenters. The monoisotopic (exact) mass is 288 g/mol. The third-order valence-corrected chi connectivity index (χ3v) is 3.34. The highest BCUT2D eigenvalue weighted by atomic mass is 19.1. The predicted octanol–water partition coefficient (Wildman–Crippen LogP) is 4.17. The summed E-state index contributed by atoms with van der Waals surface area (Å²) in [6, 6.07) is 13.4. The molecule has 0 bridgehead atoms. The molecule has 110 valence electrons. The summed E-state index contributed by atoms with van der Waals surface area (Å²) >= 11 is 0. The van der Waals surface area contributed by atoms with Crippen molar-refractivity contribution in [1.82, 2.24) is 0 Å². The van der Waals surface area contributed by atoms with E-state index in [1.807, 2.05) is 37.3 Å². The number of non-ortho nitro benzene ring substituents is 1. The van der Waals surface area contributed by atoms with E-state index in [1.165, 1.54) is 12.1 Å². The van der Waals surface area contributed by atoms with Crippen LogP contribution in [0.5, 0.6) is 0 Å². The molecular weight excluding hydrogens is 271 g/mol. The second-order valence-electron chi connectivity index (χ2n) is 4.86. The van der Waals surface area contributed by atoms with Crippen LogP contribution in [0, 0.1) is 15.9 Å². The van der Waals surface area contributed by atoms with E-state index in [9.17, 15) is 14.5 Å². The van der Waals surface area contributed by atoms with Gasteiger partial charge in [0.1, 0.15) is 5.82 Å². The topological polar surface area (TPSA) is 55.2 Å². The number of rotatable bonds is 6. The van der Waals surface area contributed by atoms with Crippen LogP contribution >= 0.6 is 0 Å². The Morgan fingerprint density at radius 3 is 2.57 bits per heavy atom. The second-order valence-corrected chi connectivity index (χ2v) is 4.86. The fourth-order valence-electron chi connectivity index (χ4n) is 2.15. The maximum Gasteiger partial charge on any atom is 0.271 e. The van der Waals surface area contributed by atoms with E-state index >= 15 is 0 Å². The van der Waals surface area contributed by atoms with Crippen LogP contribution in [0.4, 0.5) is 15.8 Å². The first-order valence-electron chi connectivity index (χ1n) is 6.84. The van der Waals surface area contributed by atoms with Gasteiger partial charge in [0.05, 0.1) is 10.6 Å². The molecule has 0 spiro atoms. The van der Waals surface area contributed by atoms with Gasteiger partial charge in [-0.3, -0.25) is 10.1 Å². The highest BCUT2D eigenvalue weighted by Gasteiger charge is 2.14. The average Bonchev–Trinajstić information content (AvgIpc) is 2.49. The van der Waals surface area contributed by atoms with E-state index in [-0.39, 0.29) is 17.4 Å². The summed E-state index contributed by atoms with van der Waals surface area (Å²) < 4.78 is 13.8. The number of halogens is 1. The van der Waals surface area contributed by atoms with E-state index in [0.717, 1.165) is 24.5 Å². The van der Waals surface area contributed by atoms with Gasteiger partial charge in [0.25, 0.3) is 5.69 Å². The second kappa shape index (κ2) is 6.83. The van der Waals surface area contributed by atoms with E-state index in [1.54, 1.807) is 0 Å². The van der Waals surface area contributed by atoms with Gasteiger partial charge in [-0.05, 0) is 24.5 Å². The molecule has 2 aromatic carbocycles. The minimum Gasteiger partial charge on any atom is -0.379 e. The molecular formula is C16H17FN2O2. The van der Waals surface area contributed by atoms with Crippen molar-refractivity contribution in [3.05, 3.63) is 70.0 Å². The molecule has 1 atom stereocenters. The van der Waals surface area contributed by atoms with Crippen LogP contribution in [0.3, 0.4) is 0 Å². The maximum atomic E-state index is 13.8. The van der Waals surface area contributed by atoms with Gasteiger partial charge in [-0.15, -0.1) is 0 Å². The Balaban J connectivity index is 2.14. The van der Waals surface area contributed by atoms with Gasteiger partial charge in [-0.1, -0.05) is 37.3 Å². The fourth-order valence-corrected chi connectivity index (χ4v) is 2.15. The zero-order valence-corrected chi connectivity index (χ0v) is 11.8. The van der Waals surface area contributed by atoms with Crippen LogP contribution in [0.25, 0.3) is 0 Å². The first-order chi connectivity index (χ1) is 10.1. The van der Waals surface area contributed by atoms with Crippen molar-refractivity contribution >= 4 is 11.4 Å². The Morgan fingerprint density at radius 2 is 1.95 bits per heavy atom. The molecule has 0 fully saturated rings. The molecule has 21 heavy (non-hydrogen) atoms. The van der Waals surface area contributed by atoms with Crippen LogP contribution in [0.2, 0.25) is 0 Å². The summed E-state index contributed by atoms with van der Waals surface area (Å²) in [6.45, 7) is 2.00. The lowest BCUT2D eigenvalue weighted by Crippen LogP contribution is -2.22. The van der Waals surface area contributed by atoms with Gasteiger partial charge >= 0.3 is 0 Å². The Hall–Kier alpha value is -2.43. The number of nitrogens with zero attached hydrogens (tertiary/aromatic N) is 1. The van der Waals surface area contributed by atoms with Crippen LogP contribution in [-0.2, 0) is 6.42 Å². The minimum atomic E-state index is -0.525. The SMILES string of the molecule is CCC(Cc1ccccc1)Nc1cc([N+](=O)[O-])ccc1F. The zero-order chi connectivity index (χ0) is 15.2. The highest BCUT2D eigenvalue weighted by Crippen LogP contribution is 2.23. The van der Waals surface area contributed by atoms with Gasteiger partial charge in [0.15, 0.2) is 0 Å². The van der Waals surface area contributed by atoms with E-state index in [2.05, 4.69) is 5.32 Å². The number of nitrogens with one attached hydrogen (secondary N) is 1. The van der Waals surface area contributed by atoms with E-state index in [0.29, 0.717) is 0 Å². The Bertz CT molecular complexity index is 617. The molecule has 0 radical (unpaired) electrons. The molecule has 0 aliphatic heterocycles. The Morgan fingerprint density at radius 1 is 1.24 bits per heavy atom. The van der Waals surface area contributed by atoms with Crippen molar-refractivity contribution < 1.29 is 9.31 Å². The summed E-state index contributed by atoms with van der Waals surface area (Å²) in [5, 5.41) is 13.8. The first kappa shape index (κ1) is 15.0. The minimum absolute atomic E-state index is 0.0175. The first-order valence-corrected chi connectivity index (χ1v) is 6.84. The summed E-state index contributed by atoms with van der Waals surface area (Å²) in [5.74, 6) is -0.480. The van der Waals surface area contributed by atoms with Crippen LogP contribution in [0.15, 0.2) is 48.5 Å². The van der Waals surface area contributed by atoms with Crippen molar-refractivity contribution in [2.75, 3.05) is 5.32 Å². The summed E-state index contributed by atoms with van der Waals surface area (Å²) in [7, 11) is 0. The molecule has 5 heteroatoms. The van der Waals surface area contributed by atoms with Gasteiger partial charge in [-0.25, -0.2) is 4.39 Å². The molecule has 0 aliphatic rings. The number of hydrogen-bond donors (Lipinski definition) is 1. The van der Waals surface area contributed by atoms with Crippen molar-refractivity contribution in [3.8, 4) is 0 Å². The van der Waals surface area contributed by atoms with Crippen molar-refractivity contribution in [2.45, 2.75) is 25.8 Å². The molecule has 2 aromatic rings. The van der Waals surface area contributed by atoms with Crippen LogP contribution in [-0.4, -0.2) is 11.0 Å². The molecule has 0 amide bonds. The van der Waals surface area contributed by atoms with Gasteiger partial charge < -0.3 is 5.32 Å². The molecule has 1 N–H and O–H groups in total. The zero-order valence-electron chi connectivity index (χ0n) is 11.8. The van der Waals surface area contributed by atoms with E-state index in [4.69, 9.17) is 0 Å². The summed E-state index contributed by atoms with van der Waals surface area (Å²) in [5.41, 5.74) is 1.20. The number of benzene rings is 2. The fraction of sp³-hybridized carbons (Fsp3) is 0.250. The molecule has 0 saturated heterocycles. The van der Waals surface area contributed by atoms with Crippen molar-refractivity contribution in [3.63, 3.8) is 0 Å². The highest BCUT2D eigenvalue weighted by molar-refractivity contribution is 5.53. The Kier molecular flexibility index (Phi) is 4.87. The van der Waals surface area contributed by atoms with Gasteiger partial charge in [0, 0.05) is 18.2 Å². The average molecular weight is 288 g/mol. The number of nitro groups is 1. The van der Waals surface area contributed by atoms with Crippen LogP contribution in [0.1, 0.15) is 18.9 Å². The standard InChI is InChI=1S/C16H17FN2O2/c1-2-13(10-12-6-4-3-5-7-12)18-16-11-14(19(20)21)8-9-15(16)17/h3-9,11,13,18H,2,10H2,1H3. The number of hydrogen-bond acceptors (Lipinski definition) is 3. The quantitative estimate of drug-likeness (QED) is 0.641. The summed E-state index contributed by atoms with van der Waals surface area (Å²) in [6.07, 6.45) is 1.52. The van der Waals surface area contributed by atoms with Crippen molar-refractivity contribution in [1.29, 1.82) is 0 Å². The van der Waals surface area contributed by atoms with Gasteiger partial charge in [-0.2, -0.15) is 0 Å². The number of nitro benzene ring substituents is 1. The van der Waals surface area contributed by atoms with Crippen molar-refractivity contribution in [2.24, 2.45) is 0 Å². The summed E-state index contributed by atoms with van der Waals surface area (Å²) in [4.78, 5) is 10.2. The molecule has 0 heterocycles.